The number of benzene rings is 1. The molecule has 0 radical (unpaired) electrons. The molecule has 0 aliphatic heterocycles. The topological polar surface area (TPSA) is 119 Å². The Balaban J connectivity index is 2.30. The predicted octanol–water partition coefficient (Wildman–Crippen LogP) is 3.12. The van der Waals surface area contributed by atoms with Crippen LogP contribution in [0.1, 0.15) is 5.56 Å². The SMILES string of the molecule is Cn1ccc(-c2nc(N)c(Br)nc2-c2cc(Cl)c(N)c(C=N)c2)n1. The number of anilines is 2. The summed E-state index contributed by atoms with van der Waals surface area (Å²) in [6, 6.07) is 5.23. The van der Waals surface area contributed by atoms with E-state index in [0.29, 0.717) is 43.5 Å². The standard InChI is InChI=1S/C15H13BrClN7/c1-24-3-2-10(23-24)13-12(21-14(16)15(20)22-13)7-4-8(6-18)11(19)9(17)5-7/h2-6,18H,19H2,1H3,(H2,20,22). The molecule has 2 aromatic heterocycles. The lowest BCUT2D eigenvalue weighted by molar-refractivity contribution is 0.770. The number of rotatable bonds is 3. The van der Waals surface area contributed by atoms with Crippen LogP contribution in [0.2, 0.25) is 5.02 Å². The largest absolute Gasteiger partial charge is 0.397 e. The van der Waals surface area contributed by atoms with Crippen LogP contribution in [0, 0.1) is 5.41 Å². The molecule has 0 fully saturated rings. The quantitative estimate of drug-likeness (QED) is 0.456. The predicted molar refractivity (Wildman–Crippen MR) is 99.1 cm³/mol. The Bertz CT molecular complexity index is 951. The second kappa shape index (κ2) is 6.21. The highest BCUT2D eigenvalue weighted by molar-refractivity contribution is 9.10. The number of nitrogen functional groups attached to an aromatic ring is 2. The van der Waals surface area contributed by atoms with E-state index in [0.717, 1.165) is 6.21 Å². The second-order valence-corrected chi connectivity index (χ2v) is 6.24. The van der Waals surface area contributed by atoms with Crippen LogP contribution in [0.25, 0.3) is 22.6 Å². The second-order valence-electron chi connectivity index (χ2n) is 5.08. The molecule has 0 aliphatic rings. The molecule has 0 unspecified atom stereocenters. The third kappa shape index (κ3) is 2.85. The fourth-order valence-electron chi connectivity index (χ4n) is 2.24. The number of nitrogens with one attached hydrogen (secondary N) is 1. The molecule has 5 N–H and O–H groups in total. The van der Waals surface area contributed by atoms with Crippen molar-refractivity contribution in [3.8, 4) is 22.6 Å². The van der Waals surface area contributed by atoms with Crippen molar-refractivity contribution in [1.82, 2.24) is 19.7 Å². The maximum Gasteiger partial charge on any atom is 0.157 e. The summed E-state index contributed by atoms with van der Waals surface area (Å²) in [5.41, 5.74) is 15.0. The molecule has 0 saturated carbocycles. The summed E-state index contributed by atoms with van der Waals surface area (Å²) in [5.74, 6) is 0.258. The number of hydrogen-bond acceptors (Lipinski definition) is 6. The van der Waals surface area contributed by atoms with Gasteiger partial charge < -0.3 is 16.9 Å². The van der Waals surface area contributed by atoms with Crippen molar-refractivity contribution in [2.45, 2.75) is 0 Å². The lowest BCUT2D eigenvalue weighted by Gasteiger charge is -2.11. The van der Waals surface area contributed by atoms with Crippen LogP contribution in [0.15, 0.2) is 29.0 Å². The Morgan fingerprint density at radius 1 is 1.25 bits per heavy atom. The van der Waals surface area contributed by atoms with Gasteiger partial charge in [-0.1, -0.05) is 11.6 Å². The molecule has 3 aromatic rings. The minimum absolute atomic E-state index is 0.258. The van der Waals surface area contributed by atoms with Crippen molar-refractivity contribution in [2.75, 3.05) is 11.5 Å². The minimum Gasteiger partial charge on any atom is -0.397 e. The van der Waals surface area contributed by atoms with Gasteiger partial charge in [-0.25, -0.2) is 9.97 Å². The lowest BCUT2D eigenvalue weighted by atomic mass is 10.0. The Hall–Kier alpha value is -2.45. The van der Waals surface area contributed by atoms with Crippen molar-refractivity contribution in [3.05, 3.63) is 39.6 Å². The molecule has 3 rings (SSSR count). The summed E-state index contributed by atoms with van der Waals surface area (Å²) in [5, 5.41) is 12.2. The summed E-state index contributed by atoms with van der Waals surface area (Å²) in [7, 11) is 1.81. The van der Waals surface area contributed by atoms with Crippen LogP contribution in [-0.4, -0.2) is 26.0 Å². The van der Waals surface area contributed by atoms with Crippen molar-refractivity contribution < 1.29 is 0 Å². The maximum absolute atomic E-state index is 7.49. The normalized spacial score (nSPS) is 10.8. The van der Waals surface area contributed by atoms with E-state index in [1.54, 1.807) is 23.0 Å². The van der Waals surface area contributed by atoms with Gasteiger partial charge in [-0.05, 0) is 34.1 Å². The molecule has 122 valence electrons. The van der Waals surface area contributed by atoms with Crippen molar-refractivity contribution >= 4 is 45.3 Å². The molecule has 0 bridgehead atoms. The summed E-state index contributed by atoms with van der Waals surface area (Å²) >= 11 is 9.49. The van der Waals surface area contributed by atoms with Crippen LogP contribution < -0.4 is 11.5 Å². The highest BCUT2D eigenvalue weighted by atomic mass is 79.9. The summed E-state index contributed by atoms with van der Waals surface area (Å²) in [6.45, 7) is 0. The van der Waals surface area contributed by atoms with E-state index < -0.39 is 0 Å². The summed E-state index contributed by atoms with van der Waals surface area (Å²) in [4.78, 5) is 8.88. The van der Waals surface area contributed by atoms with Gasteiger partial charge in [0.25, 0.3) is 0 Å². The van der Waals surface area contributed by atoms with E-state index in [-0.39, 0.29) is 5.82 Å². The van der Waals surface area contributed by atoms with E-state index in [4.69, 9.17) is 28.5 Å². The van der Waals surface area contributed by atoms with E-state index >= 15 is 0 Å². The van der Waals surface area contributed by atoms with Gasteiger partial charge in [-0.15, -0.1) is 0 Å². The van der Waals surface area contributed by atoms with Gasteiger partial charge in [0.15, 0.2) is 5.82 Å². The Kier molecular flexibility index (Phi) is 4.25. The number of hydrogen-bond donors (Lipinski definition) is 3. The van der Waals surface area contributed by atoms with Crippen LogP contribution in [-0.2, 0) is 7.05 Å². The van der Waals surface area contributed by atoms with Gasteiger partial charge in [-0.2, -0.15) is 5.10 Å². The fourth-order valence-corrected chi connectivity index (χ4v) is 2.74. The van der Waals surface area contributed by atoms with Gasteiger partial charge in [-0.3, -0.25) is 4.68 Å². The zero-order chi connectivity index (χ0) is 17.4. The van der Waals surface area contributed by atoms with Crippen molar-refractivity contribution in [2.24, 2.45) is 7.05 Å². The van der Waals surface area contributed by atoms with Crippen LogP contribution >= 0.6 is 27.5 Å². The third-order valence-electron chi connectivity index (χ3n) is 3.42. The summed E-state index contributed by atoms with van der Waals surface area (Å²) < 4.78 is 2.08. The van der Waals surface area contributed by atoms with Crippen LogP contribution in [0.4, 0.5) is 11.5 Å². The van der Waals surface area contributed by atoms with Crippen LogP contribution in [0.5, 0.6) is 0 Å². The number of aromatic nitrogens is 4. The van der Waals surface area contributed by atoms with Crippen LogP contribution in [0.3, 0.4) is 0 Å². The molecular formula is C15H13BrClN7. The maximum atomic E-state index is 7.49. The molecule has 0 spiro atoms. The van der Waals surface area contributed by atoms with Gasteiger partial charge in [0, 0.05) is 30.6 Å². The van der Waals surface area contributed by atoms with Crippen molar-refractivity contribution in [3.63, 3.8) is 0 Å². The van der Waals surface area contributed by atoms with Gasteiger partial charge in [0.2, 0.25) is 0 Å². The molecule has 0 amide bonds. The first-order valence-electron chi connectivity index (χ1n) is 6.83. The molecule has 2 heterocycles. The lowest BCUT2D eigenvalue weighted by Crippen LogP contribution is -2.02. The number of nitrogens with zero attached hydrogens (tertiary/aromatic N) is 4. The molecule has 7 nitrogen and oxygen atoms in total. The smallest absolute Gasteiger partial charge is 0.157 e. The molecule has 0 saturated heterocycles. The molecule has 1 aromatic carbocycles. The fraction of sp³-hybridized carbons (Fsp3) is 0.0667. The van der Waals surface area contributed by atoms with E-state index in [2.05, 4.69) is 31.0 Å². The number of nitrogens with two attached hydrogens (primary N) is 2. The minimum atomic E-state index is 0.258. The first kappa shape index (κ1) is 16.4. The first-order chi connectivity index (χ1) is 11.4. The van der Waals surface area contributed by atoms with Gasteiger partial charge in [0.1, 0.15) is 16.0 Å². The average Bonchev–Trinajstić information content (AvgIpc) is 2.98. The highest BCUT2D eigenvalue weighted by Gasteiger charge is 2.18. The van der Waals surface area contributed by atoms with E-state index in [1.807, 2.05) is 13.1 Å². The van der Waals surface area contributed by atoms with E-state index in [1.165, 1.54) is 0 Å². The first-order valence-corrected chi connectivity index (χ1v) is 8.00. The zero-order valence-corrected chi connectivity index (χ0v) is 14.9. The molecule has 24 heavy (non-hydrogen) atoms. The highest BCUT2D eigenvalue weighted by Crippen LogP contribution is 2.35. The molecular weight excluding hydrogens is 394 g/mol. The van der Waals surface area contributed by atoms with Crippen molar-refractivity contribution in [1.29, 1.82) is 5.41 Å². The van der Waals surface area contributed by atoms with E-state index in [9.17, 15) is 0 Å². The monoisotopic (exact) mass is 405 g/mol. The molecule has 9 heteroatoms. The average molecular weight is 407 g/mol. The Labute approximate surface area is 151 Å². The number of aryl methyl sites for hydroxylation is 1. The Morgan fingerprint density at radius 2 is 2.00 bits per heavy atom. The Morgan fingerprint density at radius 3 is 2.62 bits per heavy atom. The third-order valence-corrected chi connectivity index (χ3v) is 4.32. The summed E-state index contributed by atoms with van der Waals surface area (Å²) in [6.07, 6.45) is 2.95. The zero-order valence-electron chi connectivity index (χ0n) is 12.6. The molecule has 0 atom stereocenters. The number of halogens is 2. The van der Waals surface area contributed by atoms with Gasteiger partial charge in [0.05, 0.1) is 16.4 Å². The van der Waals surface area contributed by atoms with Gasteiger partial charge >= 0.3 is 0 Å². The molecule has 0 aliphatic carbocycles.